The van der Waals surface area contributed by atoms with Gasteiger partial charge in [-0.05, 0) is 36.8 Å². The van der Waals surface area contributed by atoms with Gasteiger partial charge >= 0.3 is 0 Å². The van der Waals surface area contributed by atoms with Gasteiger partial charge in [-0.25, -0.2) is 9.97 Å². The average Bonchev–Trinajstić information content (AvgIpc) is 2.84. The van der Waals surface area contributed by atoms with E-state index >= 15 is 0 Å². The number of nitrogens with two attached hydrogens (primary N) is 1. The minimum Gasteiger partial charge on any atom is -0.434 e. The Balaban J connectivity index is 2.19. The van der Waals surface area contributed by atoms with Crippen LogP contribution in [0.3, 0.4) is 0 Å². The molecule has 0 radical (unpaired) electrons. The zero-order chi connectivity index (χ0) is 13.4. The summed E-state index contributed by atoms with van der Waals surface area (Å²) in [6, 6.07) is 9.07. The number of nitrogen functional groups attached to an aromatic ring is 1. The van der Waals surface area contributed by atoms with E-state index in [1.54, 1.807) is 30.5 Å². The lowest BCUT2D eigenvalue weighted by molar-refractivity contribution is 0.614. The van der Waals surface area contributed by atoms with E-state index in [0.29, 0.717) is 33.9 Å². The van der Waals surface area contributed by atoms with Crippen LogP contribution in [-0.4, -0.2) is 9.97 Å². The first kappa shape index (κ1) is 11.2. The molecule has 0 saturated carbocycles. The highest BCUT2D eigenvalue weighted by molar-refractivity contribution is 5.80. The Labute approximate surface area is 109 Å². The Bertz CT molecular complexity index is 797. The Morgan fingerprint density at radius 2 is 2.16 bits per heavy atom. The number of anilines is 1. The van der Waals surface area contributed by atoms with E-state index in [9.17, 15) is 0 Å². The van der Waals surface area contributed by atoms with Crippen molar-refractivity contribution in [1.82, 2.24) is 9.97 Å². The summed E-state index contributed by atoms with van der Waals surface area (Å²) < 4.78 is 5.70. The Morgan fingerprint density at radius 3 is 2.84 bits per heavy atom. The molecule has 0 amide bonds. The van der Waals surface area contributed by atoms with Gasteiger partial charge in [0.25, 0.3) is 0 Å². The number of rotatable bonds is 1. The summed E-state index contributed by atoms with van der Waals surface area (Å²) >= 11 is 0. The fourth-order valence-corrected chi connectivity index (χ4v) is 1.91. The lowest BCUT2D eigenvalue weighted by Gasteiger charge is -1.95. The van der Waals surface area contributed by atoms with Crippen molar-refractivity contribution < 1.29 is 4.42 Å². The summed E-state index contributed by atoms with van der Waals surface area (Å²) in [5.41, 5.74) is 9.57. The molecule has 3 rings (SSSR count). The average molecular weight is 250 g/mol. The van der Waals surface area contributed by atoms with E-state index in [1.807, 2.05) is 6.92 Å². The normalized spacial score (nSPS) is 10.5. The number of pyridine rings is 1. The molecule has 3 aromatic rings. The third-order valence-electron chi connectivity index (χ3n) is 2.81. The van der Waals surface area contributed by atoms with Gasteiger partial charge < -0.3 is 10.2 Å². The molecule has 2 N–H and O–H groups in total. The predicted molar refractivity (Wildman–Crippen MR) is 71.1 cm³/mol. The summed E-state index contributed by atoms with van der Waals surface area (Å²) in [7, 11) is 0. The van der Waals surface area contributed by atoms with Crippen molar-refractivity contribution in [3.05, 3.63) is 41.6 Å². The number of fused-ring (bicyclic) bond motifs is 1. The second kappa shape index (κ2) is 4.10. The number of aromatic nitrogens is 2. The van der Waals surface area contributed by atoms with Crippen LogP contribution in [0.2, 0.25) is 0 Å². The van der Waals surface area contributed by atoms with E-state index in [1.165, 1.54) is 0 Å². The van der Waals surface area contributed by atoms with Gasteiger partial charge in [-0.15, -0.1) is 0 Å². The maximum atomic E-state index is 8.94. The topological polar surface area (TPSA) is 88.7 Å². The van der Waals surface area contributed by atoms with Crippen LogP contribution in [0, 0.1) is 18.3 Å². The summed E-state index contributed by atoms with van der Waals surface area (Å²) in [6.07, 6.45) is 1.55. The second-order valence-electron chi connectivity index (χ2n) is 4.25. The number of hydrogen-bond acceptors (Lipinski definition) is 5. The third kappa shape index (κ3) is 1.89. The van der Waals surface area contributed by atoms with Crippen molar-refractivity contribution in [1.29, 1.82) is 5.26 Å². The van der Waals surface area contributed by atoms with Gasteiger partial charge in [-0.3, -0.25) is 0 Å². The van der Waals surface area contributed by atoms with Crippen LogP contribution in [0.15, 0.2) is 34.9 Å². The second-order valence-corrected chi connectivity index (χ2v) is 4.25. The fraction of sp³-hybridized carbons (Fsp3) is 0.0714. The van der Waals surface area contributed by atoms with Crippen molar-refractivity contribution >= 4 is 16.8 Å². The maximum absolute atomic E-state index is 8.94. The van der Waals surface area contributed by atoms with Crippen molar-refractivity contribution in [2.45, 2.75) is 6.92 Å². The van der Waals surface area contributed by atoms with Crippen molar-refractivity contribution in [3.63, 3.8) is 0 Å². The van der Waals surface area contributed by atoms with E-state index in [-0.39, 0.29) is 0 Å². The molecular formula is C14H10N4O. The predicted octanol–water partition coefficient (Wildman–Crippen LogP) is 2.65. The number of oxazole rings is 1. The molecule has 0 saturated heterocycles. The van der Waals surface area contributed by atoms with E-state index in [4.69, 9.17) is 15.4 Å². The van der Waals surface area contributed by atoms with Crippen LogP contribution >= 0.6 is 0 Å². The van der Waals surface area contributed by atoms with Crippen molar-refractivity contribution in [3.8, 4) is 17.7 Å². The highest BCUT2D eigenvalue weighted by Crippen LogP contribution is 2.26. The summed E-state index contributed by atoms with van der Waals surface area (Å²) in [6.45, 7) is 1.88. The number of benzene rings is 1. The van der Waals surface area contributed by atoms with Gasteiger partial charge in [0.15, 0.2) is 5.58 Å². The first-order valence-electron chi connectivity index (χ1n) is 5.70. The number of nitriles is 1. The first-order valence-corrected chi connectivity index (χ1v) is 5.70. The molecule has 2 heterocycles. The Kier molecular flexibility index (Phi) is 2.43. The Hall–Kier alpha value is -2.87. The summed E-state index contributed by atoms with van der Waals surface area (Å²) in [4.78, 5) is 8.53. The Morgan fingerprint density at radius 1 is 1.32 bits per heavy atom. The molecule has 0 aliphatic carbocycles. The largest absolute Gasteiger partial charge is 0.434 e. The molecule has 1 aromatic carbocycles. The van der Waals surface area contributed by atoms with Gasteiger partial charge in [-0.2, -0.15) is 5.26 Å². The first-order chi connectivity index (χ1) is 9.17. The quantitative estimate of drug-likeness (QED) is 0.717. The van der Waals surface area contributed by atoms with Crippen LogP contribution in [0.25, 0.3) is 22.7 Å². The lowest BCUT2D eigenvalue weighted by Crippen LogP contribution is -1.87. The molecule has 0 aliphatic rings. The number of nitrogens with zero attached hydrogens (tertiary/aromatic N) is 3. The van der Waals surface area contributed by atoms with Crippen LogP contribution in [0.1, 0.15) is 11.1 Å². The van der Waals surface area contributed by atoms with Gasteiger partial charge in [-0.1, -0.05) is 0 Å². The number of hydrogen-bond donors (Lipinski definition) is 1. The number of aryl methyl sites for hydroxylation is 1. The monoisotopic (exact) mass is 250 g/mol. The van der Waals surface area contributed by atoms with Gasteiger partial charge in [0.05, 0.1) is 23.5 Å². The lowest BCUT2D eigenvalue weighted by atomic mass is 10.1. The van der Waals surface area contributed by atoms with E-state index in [0.717, 1.165) is 5.56 Å². The summed E-state index contributed by atoms with van der Waals surface area (Å²) in [5, 5.41) is 8.94. The minimum absolute atomic E-state index is 0.424. The molecule has 19 heavy (non-hydrogen) atoms. The zero-order valence-corrected chi connectivity index (χ0v) is 10.2. The van der Waals surface area contributed by atoms with E-state index in [2.05, 4.69) is 16.0 Å². The molecular weight excluding hydrogens is 240 g/mol. The molecule has 0 unspecified atom stereocenters. The van der Waals surface area contributed by atoms with Crippen molar-refractivity contribution in [2.75, 3.05) is 5.73 Å². The third-order valence-corrected chi connectivity index (χ3v) is 2.81. The molecule has 2 aromatic heterocycles. The smallest absolute Gasteiger partial charge is 0.246 e. The molecule has 0 bridgehead atoms. The van der Waals surface area contributed by atoms with Crippen LogP contribution in [-0.2, 0) is 0 Å². The van der Waals surface area contributed by atoms with Crippen LogP contribution in [0.5, 0.6) is 0 Å². The summed E-state index contributed by atoms with van der Waals surface area (Å²) in [5.74, 6) is 0.424. The fourth-order valence-electron chi connectivity index (χ4n) is 1.91. The molecule has 0 fully saturated rings. The van der Waals surface area contributed by atoms with Crippen LogP contribution < -0.4 is 5.73 Å². The standard InChI is InChI=1S/C14H10N4O/c1-8-4-9(6-15)5-12-13(8)19-14(18-12)11-3-2-10(16)7-17-11/h2-5,7H,16H2,1H3. The maximum Gasteiger partial charge on any atom is 0.246 e. The molecule has 0 aliphatic heterocycles. The molecule has 5 heteroatoms. The van der Waals surface area contributed by atoms with Gasteiger partial charge in [0.1, 0.15) is 11.2 Å². The molecule has 5 nitrogen and oxygen atoms in total. The van der Waals surface area contributed by atoms with Crippen LogP contribution in [0.4, 0.5) is 5.69 Å². The van der Waals surface area contributed by atoms with Crippen molar-refractivity contribution in [2.24, 2.45) is 0 Å². The SMILES string of the molecule is Cc1cc(C#N)cc2nc(-c3ccc(N)cn3)oc12. The molecule has 92 valence electrons. The van der Waals surface area contributed by atoms with E-state index < -0.39 is 0 Å². The molecule has 0 atom stereocenters. The highest BCUT2D eigenvalue weighted by Gasteiger charge is 2.12. The highest BCUT2D eigenvalue weighted by atomic mass is 16.3. The van der Waals surface area contributed by atoms with Gasteiger partial charge in [0, 0.05) is 0 Å². The minimum atomic E-state index is 0.424. The zero-order valence-electron chi connectivity index (χ0n) is 10.2. The van der Waals surface area contributed by atoms with Gasteiger partial charge in [0.2, 0.25) is 5.89 Å². The molecule has 0 spiro atoms.